The summed E-state index contributed by atoms with van der Waals surface area (Å²) in [6.07, 6.45) is 5.30. The predicted molar refractivity (Wildman–Crippen MR) is 66.7 cm³/mol. The van der Waals surface area contributed by atoms with Crippen LogP contribution < -0.4 is 5.32 Å². The Labute approximate surface area is 99.5 Å². The molecular formula is C13H26N2O. The van der Waals surface area contributed by atoms with Crippen molar-refractivity contribution in [3.05, 3.63) is 0 Å². The molecule has 0 radical (unpaired) electrons. The lowest BCUT2D eigenvalue weighted by molar-refractivity contribution is 0.0522. The zero-order chi connectivity index (χ0) is 11.2. The van der Waals surface area contributed by atoms with Gasteiger partial charge in [0.25, 0.3) is 0 Å². The second-order valence-corrected chi connectivity index (χ2v) is 5.22. The zero-order valence-corrected chi connectivity index (χ0v) is 10.6. The van der Waals surface area contributed by atoms with E-state index in [1.165, 1.54) is 45.3 Å². The number of hydrogen-bond donors (Lipinski definition) is 1. The fourth-order valence-corrected chi connectivity index (χ4v) is 2.81. The third-order valence-electron chi connectivity index (χ3n) is 3.90. The minimum atomic E-state index is 0.718. The Balaban J connectivity index is 1.64. The van der Waals surface area contributed by atoms with Gasteiger partial charge in [0, 0.05) is 25.7 Å². The summed E-state index contributed by atoms with van der Waals surface area (Å²) in [5.74, 6) is 0.755. The highest BCUT2D eigenvalue weighted by atomic mass is 16.5. The van der Waals surface area contributed by atoms with Gasteiger partial charge in [-0.25, -0.2) is 0 Å². The first-order chi connectivity index (χ1) is 7.88. The van der Waals surface area contributed by atoms with Gasteiger partial charge < -0.3 is 15.0 Å². The Morgan fingerprint density at radius 2 is 2.25 bits per heavy atom. The molecule has 0 spiro atoms. The molecule has 0 saturated carbocycles. The molecule has 3 nitrogen and oxygen atoms in total. The third kappa shape index (κ3) is 3.72. The van der Waals surface area contributed by atoms with Gasteiger partial charge in [-0.3, -0.25) is 0 Å². The highest BCUT2D eigenvalue weighted by Gasteiger charge is 2.20. The van der Waals surface area contributed by atoms with Crippen LogP contribution in [0.4, 0.5) is 0 Å². The number of nitrogens with zero attached hydrogens (tertiary/aromatic N) is 1. The van der Waals surface area contributed by atoms with E-state index >= 15 is 0 Å². The summed E-state index contributed by atoms with van der Waals surface area (Å²) in [7, 11) is 0. The second-order valence-electron chi connectivity index (χ2n) is 5.22. The maximum absolute atomic E-state index is 5.51. The number of likely N-dealkylation sites (tertiary alicyclic amines) is 1. The van der Waals surface area contributed by atoms with E-state index in [2.05, 4.69) is 17.1 Å². The van der Waals surface area contributed by atoms with E-state index in [0.29, 0.717) is 0 Å². The summed E-state index contributed by atoms with van der Waals surface area (Å²) in [6.45, 7) is 9.09. The Morgan fingerprint density at radius 3 is 3.00 bits per heavy atom. The van der Waals surface area contributed by atoms with Crippen LogP contribution in [0.3, 0.4) is 0 Å². The van der Waals surface area contributed by atoms with Gasteiger partial charge in [0.15, 0.2) is 0 Å². The van der Waals surface area contributed by atoms with Crippen LogP contribution in [0.5, 0.6) is 0 Å². The van der Waals surface area contributed by atoms with Gasteiger partial charge in [-0.2, -0.15) is 0 Å². The number of nitrogens with one attached hydrogen (secondary N) is 1. The Hall–Kier alpha value is -0.120. The Bertz CT molecular complexity index is 192. The second kappa shape index (κ2) is 6.58. The van der Waals surface area contributed by atoms with E-state index in [9.17, 15) is 0 Å². The molecule has 0 aromatic heterocycles. The number of ether oxygens (including phenoxy) is 1. The van der Waals surface area contributed by atoms with E-state index in [0.717, 1.165) is 31.7 Å². The molecule has 2 heterocycles. The molecule has 94 valence electrons. The number of rotatable bonds is 4. The average Bonchev–Trinajstić information content (AvgIpc) is 2.38. The summed E-state index contributed by atoms with van der Waals surface area (Å²) < 4.78 is 5.51. The number of piperidine rings is 1. The molecule has 0 aromatic carbocycles. The molecule has 2 aliphatic rings. The standard InChI is InChI=1S/C13H26N2O/c1-2-15-7-3-6-13(10-15)14-9-12-5-4-8-16-11-12/h12-14H,2-11H2,1H3. The molecule has 1 N–H and O–H groups in total. The van der Waals surface area contributed by atoms with Crippen molar-refractivity contribution in [2.45, 2.75) is 38.6 Å². The summed E-state index contributed by atoms with van der Waals surface area (Å²) in [4.78, 5) is 2.55. The van der Waals surface area contributed by atoms with Crippen molar-refractivity contribution in [2.75, 3.05) is 39.4 Å². The van der Waals surface area contributed by atoms with Crippen molar-refractivity contribution >= 4 is 0 Å². The molecule has 0 aliphatic carbocycles. The topological polar surface area (TPSA) is 24.5 Å². The fraction of sp³-hybridized carbons (Fsp3) is 1.00. The first-order valence-corrected chi connectivity index (χ1v) is 6.92. The molecule has 0 aromatic rings. The van der Waals surface area contributed by atoms with E-state index in [4.69, 9.17) is 4.74 Å². The van der Waals surface area contributed by atoms with Crippen LogP contribution in [0.2, 0.25) is 0 Å². The van der Waals surface area contributed by atoms with Crippen molar-refractivity contribution in [1.82, 2.24) is 10.2 Å². The van der Waals surface area contributed by atoms with Crippen LogP contribution >= 0.6 is 0 Å². The van der Waals surface area contributed by atoms with E-state index in [-0.39, 0.29) is 0 Å². The minimum absolute atomic E-state index is 0.718. The van der Waals surface area contributed by atoms with Gasteiger partial charge >= 0.3 is 0 Å². The van der Waals surface area contributed by atoms with Gasteiger partial charge in [0.1, 0.15) is 0 Å². The summed E-state index contributed by atoms with van der Waals surface area (Å²) in [5, 5.41) is 3.73. The number of hydrogen-bond acceptors (Lipinski definition) is 3. The Kier molecular flexibility index (Phi) is 5.07. The van der Waals surface area contributed by atoms with Crippen molar-refractivity contribution < 1.29 is 4.74 Å². The smallest absolute Gasteiger partial charge is 0.0506 e. The van der Waals surface area contributed by atoms with Crippen LogP contribution in [0.1, 0.15) is 32.6 Å². The molecule has 2 rings (SSSR count). The van der Waals surface area contributed by atoms with E-state index < -0.39 is 0 Å². The van der Waals surface area contributed by atoms with Crippen LogP contribution in [-0.4, -0.2) is 50.3 Å². The quantitative estimate of drug-likeness (QED) is 0.786. The maximum Gasteiger partial charge on any atom is 0.0506 e. The summed E-state index contributed by atoms with van der Waals surface area (Å²) >= 11 is 0. The average molecular weight is 226 g/mol. The zero-order valence-electron chi connectivity index (χ0n) is 10.6. The molecule has 3 heteroatoms. The molecule has 16 heavy (non-hydrogen) atoms. The largest absolute Gasteiger partial charge is 0.381 e. The van der Waals surface area contributed by atoms with Gasteiger partial charge in [-0.15, -0.1) is 0 Å². The molecule has 0 bridgehead atoms. The Morgan fingerprint density at radius 1 is 1.31 bits per heavy atom. The molecule has 2 atom stereocenters. The van der Waals surface area contributed by atoms with Crippen LogP contribution in [0, 0.1) is 5.92 Å². The lowest BCUT2D eigenvalue weighted by Gasteiger charge is -2.33. The van der Waals surface area contributed by atoms with Gasteiger partial charge in [0.05, 0.1) is 6.61 Å². The molecule has 2 fully saturated rings. The van der Waals surface area contributed by atoms with Crippen molar-refractivity contribution in [2.24, 2.45) is 5.92 Å². The molecule has 2 aliphatic heterocycles. The SMILES string of the molecule is CCN1CCCC(NCC2CCCOC2)C1. The van der Waals surface area contributed by atoms with Crippen LogP contribution in [0.15, 0.2) is 0 Å². The van der Waals surface area contributed by atoms with Gasteiger partial charge in [-0.1, -0.05) is 6.92 Å². The third-order valence-corrected chi connectivity index (χ3v) is 3.90. The molecule has 2 unspecified atom stereocenters. The van der Waals surface area contributed by atoms with E-state index in [1.54, 1.807) is 0 Å². The summed E-state index contributed by atoms with van der Waals surface area (Å²) in [6, 6.07) is 0.718. The maximum atomic E-state index is 5.51. The minimum Gasteiger partial charge on any atom is -0.381 e. The van der Waals surface area contributed by atoms with Crippen molar-refractivity contribution in [3.63, 3.8) is 0 Å². The van der Waals surface area contributed by atoms with Crippen LogP contribution in [0.25, 0.3) is 0 Å². The van der Waals surface area contributed by atoms with Gasteiger partial charge in [0.2, 0.25) is 0 Å². The van der Waals surface area contributed by atoms with Crippen molar-refractivity contribution in [3.8, 4) is 0 Å². The van der Waals surface area contributed by atoms with Gasteiger partial charge in [-0.05, 0) is 44.7 Å². The van der Waals surface area contributed by atoms with Crippen molar-refractivity contribution in [1.29, 1.82) is 0 Å². The normalized spacial score (nSPS) is 32.8. The van der Waals surface area contributed by atoms with Crippen LogP contribution in [-0.2, 0) is 4.74 Å². The van der Waals surface area contributed by atoms with E-state index in [1.807, 2.05) is 0 Å². The first kappa shape index (κ1) is 12.3. The monoisotopic (exact) mass is 226 g/mol. The molecular weight excluding hydrogens is 200 g/mol. The summed E-state index contributed by atoms with van der Waals surface area (Å²) in [5.41, 5.74) is 0. The highest BCUT2D eigenvalue weighted by molar-refractivity contribution is 4.79. The molecule has 2 saturated heterocycles. The number of likely N-dealkylation sites (N-methyl/N-ethyl adjacent to an activating group) is 1. The lowest BCUT2D eigenvalue weighted by atomic mass is 10.0. The highest BCUT2D eigenvalue weighted by Crippen LogP contribution is 2.14. The fourth-order valence-electron chi connectivity index (χ4n) is 2.81. The first-order valence-electron chi connectivity index (χ1n) is 6.92. The lowest BCUT2D eigenvalue weighted by Crippen LogP contribution is -2.47. The predicted octanol–water partition coefficient (Wildman–Crippen LogP) is 1.49. The molecule has 0 amide bonds.